The summed E-state index contributed by atoms with van der Waals surface area (Å²) in [5.74, 6) is 0.833. The molecule has 94 valence electrons. The van der Waals surface area contributed by atoms with Crippen LogP contribution in [0.15, 0.2) is 47.2 Å². The minimum Gasteiger partial charge on any atom is -0.263 e. The standard InChI is InChI=1S/C14H12BrCl2N/c15-13-3-1-10(2-4-13)12(8-16)7-11-5-6-18-9-14(11)17/h1-6,9,12H,7-8H2. The van der Waals surface area contributed by atoms with Crippen molar-refractivity contribution in [1.29, 1.82) is 0 Å². The molecule has 0 aliphatic carbocycles. The second-order valence-electron chi connectivity index (χ2n) is 4.07. The highest BCUT2D eigenvalue weighted by Gasteiger charge is 2.13. The predicted molar refractivity (Wildman–Crippen MR) is 80.6 cm³/mol. The summed E-state index contributed by atoms with van der Waals surface area (Å²) in [7, 11) is 0. The van der Waals surface area contributed by atoms with Crippen LogP contribution in [0.5, 0.6) is 0 Å². The lowest BCUT2D eigenvalue weighted by molar-refractivity contribution is 0.765. The van der Waals surface area contributed by atoms with E-state index < -0.39 is 0 Å². The SMILES string of the molecule is ClCC(Cc1ccncc1Cl)c1ccc(Br)cc1. The van der Waals surface area contributed by atoms with Gasteiger partial charge in [-0.25, -0.2) is 0 Å². The summed E-state index contributed by atoms with van der Waals surface area (Å²) >= 11 is 15.6. The van der Waals surface area contributed by atoms with E-state index in [1.165, 1.54) is 5.56 Å². The Labute approximate surface area is 125 Å². The highest BCUT2D eigenvalue weighted by Crippen LogP contribution is 2.26. The summed E-state index contributed by atoms with van der Waals surface area (Å²) in [4.78, 5) is 3.99. The minimum absolute atomic E-state index is 0.264. The van der Waals surface area contributed by atoms with Crippen LogP contribution in [0.1, 0.15) is 17.0 Å². The van der Waals surface area contributed by atoms with Crippen LogP contribution in [-0.2, 0) is 6.42 Å². The summed E-state index contributed by atoms with van der Waals surface area (Å²) < 4.78 is 1.07. The van der Waals surface area contributed by atoms with Crippen molar-refractivity contribution in [3.63, 3.8) is 0 Å². The van der Waals surface area contributed by atoms with E-state index in [4.69, 9.17) is 23.2 Å². The molecule has 1 heterocycles. The van der Waals surface area contributed by atoms with Crippen LogP contribution < -0.4 is 0 Å². The third kappa shape index (κ3) is 3.47. The average Bonchev–Trinajstić information content (AvgIpc) is 2.39. The summed E-state index contributed by atoms with van der Waals surface area (Å²) in [5.41, 5.74) is 2.31. The molecule has 0 radical (unpaired) electrons. The van der Waals surface area contributed by atoms with Gasteiger partial charge in [0.25, 0.3) is 0 Å². The van der Waals surface area contributed by atoms with Crippen LogP contribution in [0.25, 0.3) is 0 Å². The maximum Gasteiger partial charge on any atom is 0.0621 e. The van der Waals surface area contributed by atoms with Crippen LogP contribution in [0, 0.1) is 0 Å². The first kappa shape index (κ1) is 13.9. The second kappa shape index (κ2) is 6.55. The lowest BCUT2D eigenvalue weighted by Gasteiger charge is -2.15. The Morgan fingerprint density at radius 3 is 2.50 bits per heavy atom. The maximum absolute atomic E-state index is 6.12. The van der Waals surface area contributed by atoms with Gasteiger partial charge in [0.05, 0.1) is 5.02 Å². The Bertz CT molecular complexity index is 513. The Morgan fingerprint density at radius 1 is 1.17 bits per heavy atom. The fourth-order valence-electron chi connectivity index (χ4n) is 1.83. The van der Waals surface area contributed by atoms with E-state index in [0.29, 0.717) is 10.9 Å². The molecule has 0 aliphatic heterocycles. The summed E-state index contributed by atoms with van der Waals surface area (Å²) in [5, 5.41) is 0.699. The van der Waals surface area contributed by atoms with E-state index in [-0.39, 0.29) is 5.92 Å². The highest BCUT2D eigenvalue weighted by molar-refractivity contribution is 9.10. The normalized spacial score (nSPS) is 12.4. The molecular weight excluding hydrogens is 333 g/mol. The fourth-order valence-corrected chi connectivity index (χ4v) is 2.58. The fraction of sp³-hybridized carbons (Fsp3) is 0.214. The number of hydrogen-bond acceptors (Lipinski definition) is 1. The molecular formula is C14H12BrCl2N. The Hall–Kier alpha value is -0.570. The number of halogens is 3. The van der Waals surface area contributed by atoms with Gasteiger partial charge >= 0.3 is 0 Å². The van der Waals surface area contributed by atoms with Gasteiger partial charge in [-0.2, -0.15) is 0 Å². The third-order valence-electron chi connectivity index (χ3n) is 2.85. The van der Waals surface area contributed by atoms with Gasteiger partial charge in [0, 0.05) is 28.7 Å². The van der Waals surface area contributed by atoms with Crippen LogP contribution in [0.3, 0.4) is 0 Å². The van der Waals surface area contributed by atoms with Gasteiger partial charge in [-0.3, -0.25) is 4.98 Å². The molecule has 1 aromatic carbocycles. The topological polar surface area (TPSA) is 12.9 Å². The van der Waals surface area contributed by atoms with E-state index in [0.717, 1.165) is 16.5 Å². The molecule has 0 aliphatic rings. The van der Waals surface area contributed by atoms with Gasteiger partial charge < -0.3 is 0 Å². The monoisotopic (exact) mass is 343 g/mol. The summed E-state index contributed by atoms with van der Waals surface area (Å²) in [6.45, 7) is 0. The Balaban J connectivity index is 2.20. The highest BCUT2D eigenvalue weighted by atomic mass is 79.9. The van der Waals surface area contributed by atoms with E-state index in [1.807, 2.05) is 18.2 Å². The smallest absolute Gasteiger partial charge is 0.0621 e. The number of nitrogens with zero attached hydrogens (tertiary/aromatic N) is 1. The van der Waals surface area contributed by atoms with Crippen molar-refractivity contribution in [1.82, 2.24) is 4.98 Å². The molecule has 0 saturated carbocycles. The zero-order valence-electron chi connectivity index (χ0n) is 9.61. The lowest BCUT2D eigenvalue weighted by atomic mass is 9.94. The average molecular weight is 345 g/mol. The van der Waals surface area contributed by atoms with Crippen LogP contribution in [0.2, 0.25) is 5.02 Å². The number of alkyl halides is 1. The molecule has 18 heavy (non-hydrogen) atoms. The molecule has 1 atom stereocenters. The van der Waals surface area contributed by atoms with Gasteiger partial charge in [0.15, 0.2) is 0 Å². The van der Waals surface area contributed by atoms with Gasteiger partial charge in [0.2, 0.25) is 0 Å². The van der Waals surface area contributed by atoms with Gasteiger partial charge in [-0.15, -0.1) is 11.6 Å². The van der Waals surface area contributed by atoms with E-state index in [9.17, 15) is 0 Å². The Kier molecular flexibility index (Phi) is 5.04. The number of rotatable bonds is 4. The number of benzene rings is 1. The molecule has 0 bridgehead atoms. The molecule has 0 amide bonds. The minimum atomic E-state index is 0.264. The summed E-state index contributed by atoms with van der Waals surface area (Å²) in [6.07, 6.45) is 4.25. The van der Waals surface area contributed by atoms with E-state index in [1.54, 1.807) is 12.4 Å². The van der Waals surface area contributed by atoms with Crippen molar-refractivity contribution in [2.75, 3.05) is 5.88 Å². The quantitative estimate of drug-likeness (QED) is 0.706. The van der Waals surface area contributed by atoms with E-state index in [2.05, 4.69) is 33.0 Å². The molecule has 1 nitrogen and oxygen atoms in total. The number of aromatic nitrogens is 1. The molecule has 4 heteroatoms. The van der Waals surface area contributed by atoms with E-state index >= 15 is 0 Å². The Morgan fingerprint density at radius 2 is 1.89 bits per heavy atom. The zero-order chi connectivity index (χ0) is 13.0. The number of pyridine rings is 1. The first-order valence-corrected chi connectivity index (χ1v) is 7.31. The van der Waals surface area contributed by atoms with Gasteiger partial charge in [-0.05, 0) is 35.7 Å². The van der Waals surface area contributed by atoms with Crippen molar-refractivity contribution in [2.24, 2.45) is 0 Å². The zero-order valence-corrected chi connectivity index (χ0v) is 12.7. The second-order valence-corrected chi connectivity index (χ2v) is 5.71. The first-order valence-electron chi connectivity index (χ1n) is 5.60. The molecule has 2 aromatic rings. The van der Waals surface area contributed by atoms with Crippen molar-refractivity contribution in [3.8, 4) is 0 Å². The van der Waals surface area contributed by atoms with Crippen LogP contribution in [-0.4, -0.2) is 10.9 Å². The molecule has 0 N–H and O–H groups in total. The number of hydrogen-bond donors (Lipinski definition) is 0. The largest absolute Gasteiger partial charge is 0.263 e. The van der Waals surface area contributed by atoms with Crippen molar-refractivity contribution in [3.05, 3.63) is 63.3 Å². The van der Waals surface area contributed by atoms with Crippen LogP contribution >= 0.6 is 39.1 Å². The molecule has 0 saturated heterocycles. The van der Waals surface area contributed by atoms with Gasteiger partial charge in [0.1, 0.15) is 0 Å². The lowest BCUT2D eigenvalue weighted by Crippen LogP contribution is -2.05. The molecule has 1 unspecified atom stereocenters. The first-order chi connectivity index (χ1) is 8.70. The maximum atomic E-state index is 6.12. The molecule has 2 rings (SSSR count). The van der Waals surface area contributed by atoms with Crippen molar-refractivity contribution in [2.45, 2.75) is 12.3 Å². The predicted octanol–water partition coefficient (Wildman–Crippen LogP) is 5.06. The molecule has 0 spiro atoms. The van der Waals surface area contributed by atoms with Crippen molar-refractivity contribution >= 4 is 39.1 Å². The molecule has 1 aromatic heterocycles. The van der Waals surface area contributed by atoms with Crippen LogP contribution in [0.4, 0.5) is 0 Å². The summed E-state index contributed by atoms with van der Waals surface area (Å²) in [6, 6.07) is 10.2. The molecule has 0 fully saturated rings. The third-order valence-corrected chi connectivity index (χ3v) is 4.09. The van der Waals surface area contributed by atoms with Gasteiger partial charge in [-0.1, -0.05) is 39.7 Å². The van der Waals surface area contributed by atoms with Crippen molar-refractivity contribution < 1.29 is 0 Å².